The average molecular weight is 199 g/mol. The zero-order chi connectivity index (χ0) is 9.68. The van der Waals surface area contributed by atoms with Crippen LogP contribution < -0.4 is 0 Å². The average Bonchev–Trinajstić information content (AvgIpc) is 2.04. The molecular weight excluding hydrogens is 190 g/mol. The highest BCUT2D eigenvalue weighted by molar-refractivity contribution is 7.84. The first-order valence-corrected chi connectivity index (χ1v) is 5.13. The standard InChI is InChI=1S/C8H9NO3S/c10-8(11)6-13(12)5-7-2-1-3-9-4-7/h1-4H,5-6H2,(H,10,11). The molecule has 0 aliphatic carbocycles. The van der Waals surface area contributed by atoms with Crippen molar-refractivity contribution in [3.05, 3.63) is 30.1 Å². The van der Waals surface area contributed by atoms with Crippen molar-refractivity contribution in [3.8, 4) is 0 Å². The van der Waals surface area contributed by atoms with Crippen molar-refractivity contribution in [3.63, 3.8) is 0 Å². The molecule has 0 aliphatic heterocycles. The van der Waals surface area contributed by atoms with E-state index in [1.165, 1.54) is 0 Å². The van der Waals surface area contributed by atoms with Crippen LogP contribution in [-0.2, 0) is 21.3 Å². The normalized spacial score (nSPS) is 12.3. The summed E-state index contributed by atoms with van der Waals surface area (Å²) >= 11 is 0. The van der Waals surface area contributed by atoms with E-state index in [2.05, 4.69) is 4.98 Å². The predicted molar refractivity (Wildman–Crippen MR) is 48.6 cm³/mol. The number of carboxylic acids is 1. The maximum atomic E-state index is 11.1. The van der Waals surface area contributed by atoms with E-state index in [1.807, 2.05) is 0 Å². The van der Waals surface area contributed by atoms with Crippen molar-refractivity contribution in [2.45, 2.75) is 5.75 Å². The summed E-state index contributed by atoms with van der Waals surface area (Å²) in [7, 11) is -1.34. The second kappa shape index (κ2) is 4.71. The van der Waals surface area contributed by atoms with Crippen LogP contribution in [0, 0.1) is 0 Å². The van der Waals surface area contributed by atoms with Crippen molar-refractivity contribution >= 4 is 16.8 Å². The summed E-state index contributed by atoms with van der Waals surface area (Å²) in [4.78, 5) is 14.0. The molecule has 0 radical (unpaired) electrons. The third-order valence-electron chi connectivity index (χ3n) is 1.33. The molecule has 0 aromatic carbocycles. The molecule has 0 aliphatic rings. The van der Waals surface area contributed by atoms with Crippen molar-refractivity contribution in [2.24, 2.45) is 0 Å². The Morgan fingerprint density at radius 3 is 2.92 bits per heavy atom. The largest absolute Gasteiger partial charge is 0.481 e. The SMILES string of the molecule is O=C(O)CS(=O)Cc1cccnc1. The van der Waals surface area contributed by atoms with Gasteiger partial charge in [0, 0.05) is 23.2 Å². The summed E-state index contributed by atoms with van der Waals surface area (Å²) in [6.45, 7) is 0. The fraction of sp³-hybridized carbons (Fsp3) is 0.250. The Balaban J connectivity index is 2.50. The molecule has 1 rings (SSSR count). The van der Waals surface area contributed by atoms with Gasteiger partial charge in [-0.25, -0.2) is 0 Å². The first-order valence-electron chi connectivity index (χ1n) is 3.64. The Hall–Kier alpha value is -1.23. The topological polar surface area (TPSA) is 67.3 Å². The summed E-state index contributed by atoms with van der Waals surface area (Å²) in [6.07, 6.45) is 3.20. The second-order valence-electron chi connectivity index (χ2n) is 2.48. The maximum Gasteiger partial charge on any atom is 0.316 e. The quantitative estimate of drug-likeness (QED) is 0.762. The lowest BCUT2D eigenvalue weighted by Crippen LogP contribution is -2.10. The minimum Gasteiger partial charge on any atom is -0.481 e. The van der Waals surface area contributed by atoms with E-state index in [0.717, 1.165) is 5.56 Å². The third kappa shape index (κ3) is 3.80. The molecule has 0 spiro atoms. The van der Waals surface area contributed by atoms with Crippen LogP contribution in [-0.4, -0.2) is 26.0 Å². The molecule has 4 nitrogen and oxygen atoms in total. The van der Waals surface area contributed by atoms with E-state index in [-0.39, 0.29) is 11.5 Å². The Bertz CT molecular complexity index is 312. The van der Waals surface area contributed by atoms with E-state index in [4.69, 9.17) is 5.11 Å². The fourth-order valence-corrected chi connectivity index (χ4v) is 1.78. The van der Waals surface area contributed by atoms with Gasteiger partial charge in [0.2, 0.25) is 0 Å². The van der Waals surface area contributed by atoms with Crippen LogP contribution in [0.4, 0.5) is 0 Å². The molecule has 0 saturated heterocycles. The highest BCUT2D eigenvalue weighted by Gasteiger charge is 2.06. The lowest BCUT2D eigenvalue weighted by atomic mass is 10.3. The number of pyridine rings is 1. The van der Waals surface area contributed by atoms with Gasteiger partial charge in [-0.05, 0) is 11.6 Å². The van der Waals surface area contributed by atoms with Gasteiger partial charge in [-0.3, -0.25) is 14.0 Å². The number of carboxylic acid groups (broad SMARTS) is 1. The minimum absolute atomic E-state index is 0.250. The minimum atomic E-state index is -1.34. The molecule has 70 valence electrons. The summed E-state index contributed by atoms with van der Waals surface area (Å²) in [5, 5.41) is 8.35. The lowest BCUT2D eigenvalue weighted by molar-refractivity contribution is -0.133. The molecule has 1 aromatic rings. The van der Waals surface area contributed by atoms with Crippen LogP contribution in [0.5, 0.6) is 0 Å². The van der Waals surface area contributed by atoms with E-state index in [0.29, 0.717) is 0 Å². The highest BCUT2D eigenvalue weighted by Crippen LogP contribution is 2.00. The van der Waals surface area contributed by atoms with Gasteiger partial charge in [0.25, 0.3) is 0 Å². The molecule has 0 bridgehead atoms. The lowest BCUT2D eigenvalue weighted by Gasteiger charge is -1.97. The number of hydrogen-bond donors (Lipinski definition) is 1. The number of carbonyl (C=O) groups is 1. The van der Waals surface area contributed by atoms with Gasteiger partial charge in [0.15, 0.2) is 0 Å². The Morgan fingerprint density at radius 2 is 2.38 bits per heavy atom. The van der Waals surface area contributed by atoms with Crippen LogP contribution in [0.25, 0.3) is 0 Å². The summed E-state index contributed by atoms with van der Waals surface area (Å²) < 4.78 is 11.1. The van der Waals surface area contributed by atoms with Gasteiger partial charge in [0.1, 0.15) is 5.75 Å². The van der Waals surface area contributed by atoms with Crippen molar-refractivity contribution < 1.29 is 14.1 Å². The summed E-state index contributed by atoms with van der Waals surface area (Å²) in [6, 6.07) is 3.50. The van der Waals surface area contributed by atoms with Crippen molar-refractivity contribution in [1.29, 1.82) is 0 Å². The summed E-state index contributed by atoms with van der Waals surface area (Å²) in [5.74, 6) is -1.10. The first-order chi connectivity index (χ1) is 6.18. The Labute approximate surface area is 78.1 Å². The number of hydrogen-bond acceptors (Lipinski definition) is 3. The van der Waals surface area contributed by atoms with E-state index in [9.17, 15) is 9.00 Å². The van der Waals surface area contributed by atoms with Crippen LogP contribution in [0.15, 0.2) is 24.5 Å². The first kappa shape index (κ1) is 9.85. The van der Waals surface area contributed by atoms with Gasteiger partial charge < -0.3 is 5.11 Å². The van der Waals surface area contributed by atoms with Crippen molar-refractivity contribution in [1.82, 2.24) is 4.98 Å². The highest BCUT2D eigenvalue weighted by atomic mass is 32.2. The van der Waals surface area contributed by atoms with Gasteiger partial charge >= 0.3 is 5.97 Å². The predicted octanol–water partition coefficient (Wildman–Crippen LogP) is 0.415. The fourth-order valence-electron chi connectivity index (χ4n) is 0.858. The molecule has 0 saturated carbocycles. The van der Waals surface area contributed by atoms with Crippen molar-refractivity contribution in [2.75, 3.05) is 5.75 Å². The number of aliphatic carboxylic acids is 1. The van der Waals surface area contributed by atoms with E-state index < -0.39 is 16.8 Å². The monoisotopic (exact) mass is 199 g/mol. The molecule has 1 aromatic heterocycles. The third-order valence-corrected chi connectivity index (χ3v) is 2.56. The van der Waals surface area contributed by atoms with Crippen LogP contribution in [0.1, 0.15) is 5.56 Å². The number of rotatable bonds is 4. The molecule has 1 unspecified atom stereocenters. The molecule has 0 fully saturated rings. The maximum absolute atomic E-state index is 11.1. The molecule has 13 heavy (non-hydrogen) atoms. The molecule has 1 heterocycles. The molecule has 0 amide bonds. The molecule has 1 N–H and O–H groups in total. The Kier molecular flexibility index (Phi) is 3.57. The Morgan fingerprint density at radius 1 is 1.62 bits per heavy atom. The smallest absolute Gasteiger partial charge is 0.316 e. The second-order valence-corrected chi connectivity index (χ2v) is 3.94. The molecular formula is C8H9NO3S. The molecule has 1 atom stereocenters. The molecule has 5 heteroatoms. The van der Waals surface area contributed by atoms with E-state index >= 15 is 0 Å². The van der Waals surface area contributed by atoms with Crippen LogP contribution in [0.2, 0.25) is 0 Å². The van der Waals surface area contributed by atoms with Gasteiger partial charge in [-0.1, -0.05) is 6.07 Å². The zero-order valence-electron chi connectivity index (χ0n) is 6.84. The number of aromatic nitrogens is 1. The van der Waals surface area contributed by atoms with Crippen LogP contribution >= 0.6 is 0 Å². The summed E-state index contributed by atoms with van der Waals surface area (Å²) in [5.41, 5.74) is 0.794. The number of nitrogens with zero attached hydrogens (tertiary/aromatic N) is 1. The van der Waals surface area contributed by atoms with Gasteiger partial charge in [0.05, 0.1) is 5.75 Å². The zero-order valence-corrected chi connectivity index (χ0v) is 7.66. The van der Waals surface area contributed by atoms with Gasteiger partial charge in [-0.2, -0.15) is 0 Å². The van der Waals surface area contributed by atoms with Gasteiger partial charge in [-0.15, -0.1) is 0 Å². The van der Waals surface area contributed by atoms with Crippen LogP contribution in [0.3, 0.4) is 0 Å². The van der Waals surface area contributed by atoms with E-state index in [1.54, 1.807) is 24.5 Å².